The summed E-state index contributed by atoms with van der Waals surface area (Å²) in [7, 11) is 0. The fourth-order valence-electron chi connectivity index (χ4n) is 8.67. The van der Waals surface area contributed by atoms with Gasteiger partial charge in [-0.3, -0.25) is 0 Å². The predicted molar refractivity (Wildman–Crippen MR) is 489 cm³/mol. The Balaban J connectivity index is 0.000000625. The number of thiophene rings is 1. The number of rotatable bonds is 25. The van der Waals surface area contributed by atoms with E-state index in [9.17, 15) is 0 Å². The Kier molecular flexibility index (Phi) is 47.0. The van der Waals surface area contributed by atoms with Crippen LogP contribution in [0.2, 0.25) is 0 Å². The standard InChI is InChI=1S/C16H14N2.C14H12N2.C12H14N2.C10H13N3.2C10H10N2.C8H8N2O.C8H8N2S.2CH4/c1-3-13-4-8-15(9-5-13)16-10-6-14(7-11-16)12-18-17-2;1-3-11-8-12-6-4-5-7-13(12)9-14(11)10-16-15-2;1-9(2)11-5-7-12(8-6-11)10(3)14-13-4;1-5-9-7(2)8(3)10(13-9)6-12-11-4;1-3-9-4-6-10(7-5-9)8-12-11-2;1-3-9-5-4-6-10(7-9)8-12-11-2;2*1-3-7-4-5-8(11-7)6-10-9-2;;/h3-12H,1-2H2;3-10H,1-2H2;5-8H,1,4H2,2-3H3;5-6,13H,1,4H2,2-3H3;2*3-8H,1-2H2;2*3-6H,1-2H2;2*1H4. The summed E-state index contributed by atoms with van der Waals surface area (Å²) in [6.07, 6.45) is 24.0. The maximum atomic E-state index is 5.18. The third kappa shape index (κ3) is 35.2. The smallest absolute Gasteiger partial charge is 0.147 e. The molecule has 1 N–H and O–H groups in total. The molecular weight excluding hydrogens is 1370 g/mol. The lowest BCUT2D eigenvalue weighted by Gasteiger charge is -2.03. The number of aromatic nitrogens is 1. The van der Waals surface area contributed by atoms with Gasteiger partial charge in [0.15, 0.2) is 0 Å². The van der Waals surface area contributed by atoms with Gasteiger partial charge in [-0.2, -0.15) is 81.6 Å². The Labute approximate surface area is 648 Å². The van der Waals surface area contributed by atoms with Gasteiger partial charge in [-0.15, -0.1) is 11.3 Å². The molecule has 7 aromatic carbocycles. The highest BCUT2D eigenvalue weighted by Crippen LogP contribution is 2.23. The van der Waals surface area contributed by atoms with Crippen LogP contribution in [-0.2, 0) is 0 Å². The molecule has 10 rings (SSSR count). The SMILES string of the molecule is C.C.C=Cc1[nH]c(C=NN=C)c(C)c1C.C=Cc1cc2ccccc2cc1C=NN=C.C=Cc1ccc(-c2ccc(C=NN=C)cc2)cc1.C=Cc1ccc(C=NN=C)cc1.C=Cc1ccc(C=NN=C)o1.C=Cc1ccc(C=NN=C)s1.C=Cc1cccc(C=NN=C)c1.C=NN=C(C)c1ccc(C(=C)C)cc1. The molecule has 10 aromatic rings. The minimum Gasteiger partial charge on any atom is -0.456 e. The van der Waals surface area contributed by atoms with Crippen LogP contribution in [0.1, 0.15) is 128 Å². The molecule has 0 spiro atoms. The molecule has 0 aliphatic heterocycles. The summed E-state index contributed by atoms with van der Waals surface area (Å²) in [5.41, 5.74) is 19.2. The second-order valence-corrected chi connectivity index (χ2v) is 22.6. The zero-order chi connectivity index (χ0) is 78.4. The van der Waals surface area contributed by atoms with E-state index >= 15 is 0 Å². The minimum atomic E-state index is 0. The molecule has 0 bridgehead atoms. The van der Waals surface area contributed by atoms with E-state index in [-0.39, 0.29) is 14.9 Å². The van der Waals surface area contributed by atoms with Gasteiger partial charge in [0, 0.05) is 74.8 Å². The third-order valence-electron chi connectivity index (χ3n) is 14.4. The van der Waals surface area contributed by atoms with Crippen LogP contribution in [0.3, 0.4) is 0 Å². The Hall–Kier alpha value is -14.3. The number of nitrogens with zero attached hydrogens (tertiary/aromatic N) is 16. The highest BCUT2D eigenvalue weighted by atomic mass is 32.1. The van der Waals surface area contributed by atoms with Crippen molar-refractivity contribution in [3.8, 4) is 11.1 Å². The Morgan fingerprint density at radius 1 is 0.349 bits per heavy atom. The molecule has 0 radical (unpaired) electrons. The number of hydrogen-bond acceptors (Lipinski definition) is 18. The van der Waals surface area contributed by atoms with Gasteiger partial charge in [0.25, 0.3) is 0 Å². The molecule has 0 atom stereocenters. The summed E-state index contributed by atoms with van der Waals surface area (Å²) in [6.45, 7) is 63.8. The number of fused-ring (bicyclic) bond motifs is 1. The van der Waals surface area contributed by atoms with Crippen molar-refractivity contribution in [1.29, 1.82) is 0 Å². The molecule has 109 heavy (non-hydrogen) atoms. The monoisotopic (exact) mass is 1460 g/mol. The average Bonchev–Trinajstić information content (AvgIpc) is 0.947. The Bertz CT molecular complexity index is 4810. The van der Waals surface area contributed by atoms with E-state index in [1.807, 2.05) is 155 Å². The summed E-state index contributed by atoms with van der Waals surface area (Å²) in [5, 5.41) is 59.3. The van der Waals surface area contributed by atoms with Crippen molar-refractivity contribution in [2.24, 2.45) is 81.6 Å². The fraction of sp³-hybridized carbons (Fsp3) is 0.0667. The van der Waals surface area contributed by atoms with Gasteiger partial charge >= 0.3 is 0 Å². The van der Waals surface area contributed by atoms with Crippen molar-refractivity contribution in [1.82, 2.24) is 4.98 Å². The third-order valence-corrected chi connectivity index (χ3v) is 15.4. The van der Waals surface area contributed by atoms with Crippen molar-refractivity contribution in [3.63, 3.8) is 0 Å². The number of furan rings is 1. The van der Waals surface area contributed by atoms with Gasteiger partial charge in [-0.1, -0.05) is 243 Å². The first-order valence-electron chi connectivity index (χ1n) is 32.4. The highest BCUT2D eigenvalue weighted by Gasteiger charge is 2.06. The van der Waals surface area contributed by atoms with E-state index in [0.29, 0.717) is 5.76 Å². The minimum absolute atomic E-state index is 0. The van der Waals surface area contributed by atoms with Crippen LogP contribution >= 0.6 is 11.3 Å². The van der Waals surface area contributed by atoms with E-state index in [1.165, 1.54) is 39.2 Å². The van der Waals surface area contributed by atoms with Crippen LogP contribution in [-0.4, -0.2) is 108 Å². The highest BCUT2D eigenvalue weighted by molar-refractivity contribution is 7.14. The zero-order valence-corrected chi connectivity index (χ0v) is 62.0. The van der Waals surface area contributed by atoms with Crippen molar-refractivity contribution >= 4 is 173 Å². The van der Waals surface area contributed by atoms with Crippen LogP contribution in [0, 0.1) is 13.8 Å². The molecule has 3 aromatic heterocycles. The molecule has 0 aliphatic rings. The van der Waals surface area contributed by atoms with Gasteiger partial charge in [0.05, 0.1) is 54.9 Å². The van der Waals surface area contributed by atoms with E-state index in [2.05, 4.69) is 254 Å². The molecule has 18 nitrogen and oxygen atoms in total. The Morgan fingerprint density at radius 2 is 0.780 bits per heavy atom. The van der Waals surface area contributed by atoms with Crippen LogP contribution < -0.4 is 0 Å². The van der Waals surface area contributed by atoms with Crippen molar-refractivity contribution in [2.75, 3.05) is 0 Å². The molecule has 0 aliphatic carbocycles. The van der Waals surface area contributed by atoms with E-state index in [0.717, 1.165) is 93.8 Å². The fourth-order valence-corrected chi connectivity index (χ4v) is 9.39. The van der Waals surface area contributed by atoms with Crippen LogP contribution in [0.25, 0.3) is 70.0 Å². The summed E-state index contributed by atoms with van der Waals surface area (Å²) in [6, 6.07) is 60.1. The quantitative estimate of drug-likeness (QED) is 0.0428. The summed E-state index contributed by atoms with van der Waals surface area (Å²) < 4.78 is 5.18. The molecule has 0 saturated heterocycles. The topological polar surface area (TPSA) is 227 Å². The van der Waals surface area contributed by atoms with E-state index < -0.39 is 0 Å². The summed E-state index contributed by atoms with van der Waals surface area (Å²) in [5.74, 6) is 1.36. The van der Waals surface area contributed by atoms with E-state index in [4.69, 9.17) is 4.42 Å². The summed E-state index contributed by atoms with van der Waals surface area (Å²) >= 11 is 1.62. The lowest BCUT2D eigenvalue weighted by Crippen LogP contribution is -1.93. The second-order valence-electron chi connectivity index (χ2n) is 21.4. The molecule has 3 heterocycles. The number of allylic oxidation sites excluding steroid dienone is 1. The molecular formula is C90H97N17OS. The zero-order valence-electron chi connectivity index (χ0n) is 61.2. The first-order chi connectivity index (χ1) is 52.0. The van der Waals surface area contributed by atoms with Crippen molar-refractivity contribution in [2.45, 2.75) is 42.5 Å². The maximum Gasteiger partial charge on any atom is 0.147 e. The van der Waals surface area contributed by atoms with Gasteiger partial charge in [-0.05, 0) is 165 Å². The number of hydrogen-bond donors (Lipinski definition) is 1. The number of H-pyrrole nitrogens is 1. The lowest BCUT2D eigenvalue weighted by molar-refractivity contribution is 0.550. The predicted octanol–water partition coefficient (Wildman–Crippen LogP) is 23.4. The van der Waals surface area contributed by atoms with Crippen LogP contribution in [0.15, 0.2) is 321 Å². The van der Waals surface area contributed by atoms with Crippen LogP contribution in [0.4, 0.5) is 0 Å². The number of nitrogens with one attached hydrogen (secondary N) is 1. The molecule has 0 fully saturated rings. The lowest BCUT2D eigenvalue weighted by atomic mass is 10.0. The average molecular weight is 1460 g/mol. The Morgan fingerprint density at radius 3 is 1.24 bits per heavy atom. The van der Waals surface area contributed by atoms with Gasteiger partial charge in [-0.25, -0.2) is 0 Å². The van der Waals surface area contributed by atoms with Gasteiger partial charge in [0.1, 0.15) is 11.5 Å². The molecule has 0 saturated carbocycles. The van der Waals surface area contributed by atoms with Gasteiger partial charge in [0.2, 0.25) is 0 Å². The van der Waals surface area contributed by atoms with Crippen molar-refractivity contribution in [3.05, 3.63) is 334 Å². The van der Waals surface area contributed by atoms with Crippen LogP contribution in [0.5, 0.6) is 0 Å². The summed E-state index contributed by atoms with van der Waals surface area (Å²) in [4.78, 5) is 5.38. The molecule has 0 unspecified atom stereocenters. The number of aromatic amines is 1. The normalized spacial score (nSPS) is 10.3. The van der Waals surface area contributed by atoms with Gasteiger partial charge < -0.3 is 9.40 Å². The maximum absolute atomic E-state index is 5.18. The molecule has 554 valence electrons. The second kappa shape index (κ2) is 55.3. The first kappa shape index (κ1) is 92.7. The molecule has 0 amide bonds. The number of benzene rings is 7. The first-order valence-corrected chi connectivity index (χ1v) is 33.2. The largest absolute Gasteiger partial charge is 0.456 e. The van der Waals surface area contributed by atoms with E-state index in [1.54, 1.807) is 85.1 Å². The van der Waals surface area contributed by atoms with Crippen molar-refractivity contribution < 1.29 is 4.42 Å². The molecule has 19 heteroatoms.